The van der Waals surface area contributed by atoms with Crippen molar-refractivity contribution in [3.05, 3.63) is 48.6 Å². The molecule has 0 fully saturated rings. The number of hydrogen-bond donors (Lipinski definition) is 3. The van der Waals surface area contributed by atoms with Gasteiger partial charge in [0, 0.05) is 12.8 Å². The predicted octanol–water partition coefficient (Wildman–Crippen LogP) is 7.82. The minimum atomic E-state index is -4.61. The quantitative estimate of drug-likeness (QED) is 0.0288. The number of carbonyl (C=O) groups is 2. The molecule has 3 atom stereocenters. The largest absolute Gasteiger partial charge is 0.472 e. The molecule has 3 unspecified atom stereocenters. The van der Waals surface area contributed by atoms with Crippen LogP contribution in [0.5, 0.6) is 0 Å². The van der Waals surface area contributed by atoms with Gasteiger partial charge in [0.2, 0.25) is 0 Å². The molecule has 11 heteroatoms. The van der Waals surface area contributed by atoms with E-state index in [1.165, 1.54) is 25.7 Å². The van der Waals surface area contributed by atoms with Gasteiger partial charge in [0.05, 0.1) is 19.8 Å². The molecule has 0 aromatic carbocycles. The predicted molar refractivity (Wildman–Crippen MR) is 182 cm³/mol. The lowest BCUT2D eigenvalue weighted by Gasteiger charge is -2.20. The Morgan fingerprint density at radius 2 is 1.20 bits per heavy atom. The molecule has 0 saturated heterocycles. The molecule has 0 radical (unpaired) electrons. The molecule has 266 valence electrons. The minimum Gasteiger partial charge on any atom is -0.462 e. The molecule has 0 heterocycles. The topological polar surface area (TPSA) is 149 Å². The van der Waals surface area contributed by atoms with Crippen molar-refractivity contribution < 1.29 is 47.8 Å². The van der Waals surface area contributed by atoms with E-state index in [0.717, 1.165) is 57.8 Å². The number of rotatable bonds is 31. The third kappa shape index (κ3) is 30.6. The fourth-order valence-electron chi connectivity index (χ4n) is 4.10. The lowest BCUT2D eigenvalue weighted by molar-refractivity contribution is -0.161. The fraction of sp³-hybridized carbons (Fsp3) is 0.714. The molecule has 0 aromatic rings. The number of esters is 2. The highest BCUT2D eigenvalue weighted by Gasteiger charge is 2.27. The number of hydrogen-bond acceptors (Lipinski definition) is 9. The maximum Gasteiger partial charge on any atom is 0.472 e. The van der Waals surface area contributed by atoms with Crippen LogP contribution in [-0.2, 0) is 32.7 Å². The highest BCUT2D eigenvalue weighted by Crippen LogP contribution is 2.43. The second-order valence-corrected chi connectivity index (χ2v) is 12.6. The first-order chi connectivity index (χ1) is 22.2. The van der Waals surface area contributed by atoms with E-state index in [4.69, 9.17) is 19.1 Å². The van der Waals surface area contributed by atoms with Crippen LogP contribution in [0.3, 0.4) is 0 Å². The summed E-state index contributed by atoms with van der Waals surface area (Å²) < 4.78 is 32.4. The molecule has 0 aromatic heterocycles. The van der Waals surface area contributed by atoms with Crippen molar-refractivity contribution in [2.24, 2.45) is 0 Å². The summed E-state index contributed by atoms with van der Waals surface area (Å²) in [6, 6.07) is 0. The number of ether oxygens (including phenoxy) is 2. The van der Waals surface area contributed by atoms with Crippen molar-refractivity contribution >= 4 is 19.8 Å². The highest BCUT2D eigenvalue weighted by atomic mass is 31.2. The zero-order valence-corrected chi connectivity index (χ0v) is 29.2. The summed E-state index contributed by atoms with van der Waals surface area (Å²) >= 11 is 0. The lowest BCUT2D eigenvalue weighted by Crippen LogP contribution is -2.29. The first-order valence-electron chi connectivity index (χ1n) is 17.1. The van der Waals surface area contributed by atoms with E-state index < -0.39 is 51.8 Å². The molecule has 0 aliphatic heterocycles. The van der Waals surface area contributed by atoms with E-state index in [2.05, 4.69) is 67.0 Å². The number of allylic oxidation sites excluding steroid dienone is 8. The Labute approximate surface area is 277 Å². The van der Waals surface area contributed by atoms with Gasteiger partial charge in [-0.15, -0.1) is 0 Å². The molecule has 10 nitrogen and oxygen atoms in total. The lowest BCUT2D eigenvalue weighted by atomic mass is 10.1. The van der Waals surface area contributed by atoms with Gasteiger partial charge in [-0.3, -0.25) is 18.6 Å². The fourth-order valence-corrected chi connectivity index (χ4v) is 4.89. The molecule has 0 bridgehead atoms. The second-order valence-electron chi connectivity index (χ2n) is 11.2. The summed E-state index contributed by atoms with van der Waals surface area (Å²) in [4.78, 5) is 34.6. The Kier molecular flexibility index (Phi) is 30.1. The monoisotopic (exact) mass is 672 g/mol. The zero-order chi connectivity index (χ0) is 34.1. The number of carbonyl (C=O) groups excluding carboxylic acids is 2. The van der Waals surface area contributed by atoms with Crippen molar-refractivity contribution in [3.63, 3.8) is 0 Å². The Morgan fingerprint density at radius 3 is 1.80 bits per heavy atom. The van der Waals surface area contributed by atoms with Crippen LogP contribution >= 0.6 is 7.82 Å². The van der Waals surface area contributed by atoms with Crippen molar-refractivity contribution in [1.29, 1.82) is 0 Å². The zero-order valence-electron chi connectivity index (χ0n) is 28.3. The van der Waals surface area contributed by atoms with Crippen LogP contribution in [-0.4, -0.2) is 65.7 Å². The Morgan fingerprint density at radius 1 is 0.674 bits per heavy atom. The van der Waals surface area contributed by atoms with Crippen LogP contribution in [0.4, 0.5) is 0 Å². The van der Waals surface area contributed by atoms with Gasteiger partial charge in [-0.05, 0) is 51.4 Å². The van der Waals surface area contributed by atoms with Gasteiger partial charge < -0.3 is 24.6 Å². The van der Waals surface area contributed by atoms with Crippen LogP contribution in [0.2, 0.25) is 0 Å². The molecule has 0 aliphatic carbocycles. The van der Waals surface area contributed by atoms with Crippen LogP contribution in [0.25, 0.3) is 0 Å². The maximum atomic E-state index is 12.5. The van der Waals surface area contributed by atoms with E-state index in [-0.39, 0.29) is 19.4 Å². The molecule has 46 heavy (non-hydrogen) atoms. The maximum absolute atomic E-state index is 12.5. The highest BCUT2D eigenvalue weighted by molar-refractivity contribution is 7.47. The van der Waals surface area contributed by atoms with Crippen molar-refractivity contribution in [2.75, 3.05) is 26.4 Å². The van der Waals surface area contributed by atoms with Crippen LogP contribution in [0.15, 0.2) is 48.6 Å². The van der Waals surface area contributed by atoms with E-state index >= 15 is 0 Å². The number of phosphoric ester groups is 1. The average molecular weight is 673 g/mol. The minimum absolute atomic E-state index is 0.131. The smallest absolute Gasteiger partial charge is 0.462 e. The van der Waals surface area contributed by atoms with E-state index in [9.17, 15) is 24.2 Å². The van der Waals surface area contributed by atoms with E-state index in [1.54, 1.807) is 0 Å². The van der Waals surface area contributed by atoms with E-state index in [0.29, 0.717) is 12.8 Å². The second kappa shape index (κ2) is 31.5. The van der Waals surface area contributed by atoms with Gasteiger partial charge in [0.25, 0.3) is 0 Å². The SMILES string of the molecule is CC/C=C\C/C=C\C/C=C\C/C=C\CCCCC(=O)OC(COC(=O)CCCCCCCCCC)COP(=O)(O)OCC(O)CO. The standard InChI is InChI=1S/C35H61O10P/c1-3-5-7-9-11-13-14-15-16-17-18-19-21-23-25-27-35(39)45-33(31-44-46(40,41)43-29-32(37)28-36)30-42-34(38)26-24-22-20-12-10-8-6-4-2/h5,7,11,13,15-16,18-19,32-33,36-37H,3-4,6,8-10,12,14,17,20-31H2,1-2H3,(H,40,41)/b7-5-,13-11-,16-15-,19-18-. The normalized spacial score (nSPS) is 14.8. The molecule has 0 spiro atoms. The number of aliphatic hydroxyl groups is 2. The third-order valence-electron chi connectivity index (χ3n) is 6.75. The molecule has 0 rings (SSSR count). The summed E-state index contributed by atoms with van der Waals surface area (Å²) in [5.41, 5.74) is 0. The number of unbranched alkanes of at least 4 members (excludes halogenated alkanes) is 9. The molecule has 0 aliphatic rings. The summed E-state index contributed by atoms with van der Waals surface area (Å²) in [6.45, 7) is 2.14. The van der Waals surface area contributed by atoms with E-state index in [1.807, 2.05) is 0 Å². The van der Waals surface area contributed by atoms with Gasteiger partial charge in [0.1, 0.15) is 12.7 Å². The van der Waals surface area contributed by atoms with Gasteiger partial charge in [-0.2, -0.15) is 0 Å². The molecule has 0 amide bonds. The Hall–Kier alpha value is -2.07. The molecule has 0 saturated carbocycles. The summed E-state index contributed by atoms with van der Waals surface area (Å²) in [5, 5.41) is 18.2. The average Bonchev–Trinajstić information content (AvgIpc) is 3.04. The van der Waals surface area contributed by atoms with Gasteiger partial charge >= 0.3 is 19.8 Å². The molecular weight excluding hydrogens is 611 g/mol. The van der Waals surface area contributed by atoms with Crippen molar-refractivity contribution in [1.82, 2.24) is 0 Å². The van der Waals surface area contributed by atoms with Crippen molar-refractivity contribution in [3.8, 4) is 0 Å². The summed E-state index contributed by atoms with van der Waals surface area (Å²) in [6.07, 6.45) is 29.6. The van der Waals surface area contributed by atoms with Gasteiger partial charge in [0.15, 0.2) is 6.10 Å². The van der Waals surface area contributed by atoms with Gasteiger partial charge in [-0.25, -0.2) is 4.57 Å². The number of aliphatic hydroxyl groups excluding tert-OH is 2. The molecule has 3 N–H and O–H groups in total. The third-order valence-corrected chi connectivity index (χ3v) is 7.70. The number of phosphoric acid groups is 1. The van der Waals surface area contributed by atoms with Crippen LogP contribution in [0.1, 0.15) is 123 Å². The first kappa shape index (κ1) is 43.9. The Balaban J connectivity index is 4.51. The van der Waals surface area contributed by atoms with Gasteiger partial charge in [-0.1, -0.05) is 107 Å². The van der Waals surface area contributed by atoms with Crippen LogP contribution < -0.4 is 0 Å². The molecular formula is C35H61O10P. The van der Waals surface area contributed by atoms with Crippen LogP contribution in [0, 0.1) is 0 Å². The summed E-state index contributed by atoms with van der Waals surface area (Å²) in [7, 11) is -4.61. The Bertz CT molecular complexity index is 915. The first-order valence-corrected chi connectivity index (χ1v) is 18.6. The van der Waals surface area contributed by atoms with Crippen molar-refractivity contribution in [2.45, 2.75) is 135 Å². The summed E-state index contributed by atoms with van der Waals surface area (Å²) in [5.74, 6) is -0.985.